The molecule has 26 heavy (non-hydrogen) atoms. The van der Waals surface area contributed by atoms with Gasteiger partial charge < -0.3 is 10.1 Å². The van der Waals surface area contributed by atoms with Gasteiger partial charge in [-0.1, -0.05) is 34.1 Å². The molecule has 0 unspecified atom stereocenters. The number of carbonyl (C=O) groups is 1. The second-order valence-corrected chi connectivity index (χ2v) is 6.81. The third-order valence-corrected chi connectivity index (χ3v) is 4.71. The maximum absolute atomic E-state index is 12.7. The smallest absolute Gasteiger partial charge is 0.255 e. The molecule has 0 fully saturated rings. The molecule has 0 bridgehead atoms. The molecule has 0 aliphatic rings. The first kappa shape index (κ1) is 18.1. The fraction of sp³-hybridized carbons (Fsp3) is 0.143. The lowest BCUT2D eigenvalue weighted by Crippen LogP contribution is -2.27. The van der Waals surface area contributed by atoms with E-state index in [0.717, 1.165) is 21.2 Å². The summed E-state index contributed by atoms with van der Waals surface area (Å²) in [5.74, 6) is 0.373. The molecule has 132 valence electrons. The van der Waals surface area contributed by atoms with Crippen molar-refractivity contribution in [2.24, 2.45) is 0 Å². The van der Waals surface area contributed by atoms with Gasteiger partial charge in [0.25, 0.3) is 5.91 Å². The van der Waals surface area contributed by atoms with E-state index < -0.39 is 0 Å². The van der Waals surface area contributed by atoms with E-state index in [-0.39, 0.29) is 11.9 Å². The number of nitrogens with zero attached hydrogens (tertiary/aromatic N) is 1. The second kappa shape index (κ2) is 8.15. The molecule has 5 heteroatoms. The molecule has 0 aliphatic heterocycles. The van der Waals surface area contributed by atoms with Crippen LogP contribution in [-0.2, 0) is 0 Å². The van der Waals surface area contributed by atoms with Gasteiger partial charge in [-0.15, -0.1) is 0 Å². The monoisotopic (exact) mass is 410 g/mol. The Labute approximate surface area is 161 Å². The van der Waals surface area contributed by atoms with Gasteiger partial charge in [-0.2, -0.15) is 0 Å². The number of hydrogen-bond donors (Lipinski definition) is 1. The van der Waals surface area contributed by atoms with Crippen molar-refractivity contribution >= 4 is 21.8 Å². The second-order valence-electron chi connectivity index (χ2n) is 5.90. The van der Waals surface area contributed by atoms with Gasteiger partial charge in [-0.3, -0.25) is 9.78 Å². The molecule has 0 saturated carbocycles. The van der Waals surface area contributed by atoms with E-state index >= 15 is 0 Å². The highest BCUT2D eigenvalue weighted by atomic mass is 79.9. The van der Waals surface area contributed by atoms with Gasteiger partial charge in [0.05, 0.1) is 18.7 Å². The molecule has 0 spiro atoms. The highest BCUT2D eigenvalue weighted by Gasteiger charge is 2.16. The van der Waals surface area contributed by atoms with Gasteiger partial charge in [0.2, 0.25) is 0 Å². The van der Waals surface area contributed by atoms with Gasteiger partial charge in [-0.25, -0.2) is 0 Å². The van der Waals surface area contributed by atoms with E-state index in [2.05, 4.69) is 26.2 Å². The van der Waals surface area contributed by atoms with Gasteiger partial charge in [-0.05, 0) is 60.0 Å². The summed E-state index contributed by atoms with van der Waals surface area (Å²) in [6, 6.07) is 17.2. The third kappa shape index (κ3) is 4.11. The lowest BCUT2D eigenvalue weighted by atomic mass is 10.0. The van der Waals surface area contributed by atoms with Gasteiger partial charge in [0, 0.05) is 16.9 Å². The standard InChI is InChI=1S/C21H19BrN2O2/c1-14(15-3-6-18(22)7-4-15)24-21(25)19-8-5-17(13-20(19)26-2)16-9-11-23-12-10-16/h3-14H,1-2H3,(H,24,25)/t14-/m1/s1. The predicted octanol–water partition coefficient (Wildman–Crippen LogP) is 5.01. The minimum Gasteiger partial charge on any atom is -0.496 e. The number of methoxy groups -OCH3 is 1. The van der Waals surface area contributed by atoms with E-state index in [1.807, 2.05) is 55.5 Å². The van der Waals surface area contributed by atoms with Crippen molar-refractivity contribution < 1.29 is 9.53 Å². The van der Waals surface area contributed by atoms with Crippen LogP contribution in [0.5, 0.6) is 5.75 Å². The van der Waals surface area contributed by atoms with Crippen LogP contribution in [-0.4, -0.2) is 18.0 Å². The molecular weight excluding hydrogens is 392 g/mol. The summed E-state index contributed by atoms with van der Waals surface area (Å²) < 4.78 is 6.46. The molecule has 0 saturated heterocycles. The van der Waals surface area contributed by atoms with Crippen molar-refractivity contribution in [2.75, 3.05) is 7.11 Å². The lowest BCUT2D eigenvalue weighted by molar-refractivity contribution is 0.0937. The first-order valence-corrected chi connectivity index (χ1v) is 9.02. The van der Waals surface area contributed by atoms with E-state index in [1.165, 1.54) is 0 Å². The minimum atomic E-state index is -0.168. The molecule has 3 rings (SSSR count). The molecule has 1 amide bonds. The average molecular weight is 411 g/mol. The van der Waals surface area contributed by atoms with Crippen LogP contribution >= 0.6 is 15.9 Å². The molecule has 2 aromatic carbocycles. The number of ether oxygens (including phenoxy) is 1. The highest BCUT2D eigenvalue weighted by Crippen LogP contribution is 2.27. The van der Waals surface area contributed by atoms with Crippen molar-refractivity contribution in [3.05, 3.63) is 82.6 Å². The predicted molar refractivity (Wildman–Crippen MR) is 106 cm³/mol. The fourth-order valence-corrected chi connectivity index (χ4v) is 2.98. The van der Waals surface area contributed by atoms with Gasteiger partial charge >= 0.3 is 0 Å². The average Bonchev–Trinajstić information content (AvgIpc) is 2.68. The minimum absolute atomic E-state index is 0.111. The molecule has 1 aromatic heterocycles. The molecule has 0 radical (unpaired) electrons. The third-order valence-electron chi connectivity index (χ3n) is 4.18. The largest absolute Gasteiger partial charge is 0.496 e. The summed E-state index contributed by atoms with van der Waals surface area (Å²) >= 11 is 3.42. The topological polar surface area (TPSA) is 51.2 Å². The zero-order valence-electron chi connectivity index (χ0n) is 14.6. The van der Waals surface area contributed by atoms with Crippen LogP contribution in [0.25, 0.3) is 11.1 Å². The fourth-order valence-electron chi connectivity index (χ4n) is 2.71. The number of carbonyl (C=O) groups excluding carboxylic acids is 1. The first-order chi connectivity index (χ1) is 12.6. The quantitative estimate of drug-likeness (QED) is 0.642. The van der Waals surface area contributed by atoms with Crippen LogP contribution in [0.3, 0.4) is 0 Å². The van der Waals surface area contributed by atoms with Crippen LogP contribution < -0.4 is 10.1 Å². The Balaban J connectivity index is 1.81. The maximum atomic E-state index is 12.7. The summed E-state index contributed by atoms with van der Waals surface area (Å²) in [4.78, 5) is 16.7. The number of halogens is 1. The molecule has 1 heterocycles. The Hall–Kier alpha value is -2.66. The van der Waals surface area contributed by atoms with Crippen molar-refractivity contribution in [3.63, 3.8) is 0 Å². The maximum Gasteiger partial charge on any atom is 0.255 e. The normalized spacial score (nSPS) is 11.7. The number of pyridine rings is 1. The first-order valence-electron chi connectivity index (χ1n) is 8.23. The van der Waals surface area contributed by atoms with E-state index in [9.17, 15) is 4.79 Å². The van der Waals surface area contributed by atoms with E-state index in [1.54, 1.807) is 25.6 Å². The number of aromatic nitrogens is 1. The van der Waals surface area contributed by atoms with E-state index in [0.29, 0.717) is 11.3 Å². The summed E-state index contributed by atoms with van der Waals surface area (Å²) in [5, 5.41) is 3.02. The SMILES string of the molecule is COc1cc(-c2ccncc2)ccc1C(=O)N[C@H](C)c1ccc(Br)cc1. The summed E-state index contributed by atoms with van der Waals surface area (Å²) in [6.07, 6.45) is 3.48. The van der Waals surface area contributed by atoms with Crippen molar-refractivity contribution in [1.82, 2.24) is 10.3 Å². The summed E-state index contributed by atoms with van der Waals surface area (Å²) in [6.45, 7) is 1.96. The van der Waals surface area contributed by atoms with Crippen LogP contribution in [0, 0.1) is 0 Å². The van der Waals surface area contributed by atoms with Crippen molar-refractivity contribution in [1.29, 1.82) is 0 Å². The number of amides is 1. The van der Waals surface area contributed by atoms with Crippen molar-refractivity contribution in [2.45, 2.75) is 13.0 Å². The van der Waals surface area contributed by atoms with Gasteiger partial charge in [0.1, 0.15) is 5.75 Å². The molecular formula is C21H19BrN2O2. The Morgan fingerprint density at radius 1 is 1.04 bits per heavy atom. The van der Waals surface area contributed by atoms with Crippen LogP contribution in [0.4, 0.5) is 0 Å². The Bertz CT molecular complexity index is 896. The van der Waals surface area contributed by atoms with Crippen LogP contribution in [0.15, 0.2) is 71.5 Å². The molecule has 4 nitrogen and oxygen atoms in total. The molecule has 0 aliphatic carbocycles. The molecule has 1 atom stereocenters. The number of nitrogens with one attached hydrogen (secondary N) is 1. The zero-order chi connectivity index (χ0) is 18.5. The van der Waals surface area contributed by atoms with Crippen LogP contribution in [0.2, 0.25) is 0 Å². The summed E-state index contributed by atoms with van der Waals surface area (Å²) in [5.41, 5.74) is 3.54. The lowest BCUT2D eigenvalue weighted by Gasteiger charge is -2.16. The number of rotatable bonds is 5. The summed E-state index contributed by atoms with van der Waals surface area (Å²) in [7, 11) is 1.57. The van der Waals surface area contributed by atoms with Crippen molar-refractivity contribution in [3.8, 4) is 16.9 Å². The number of benzene rings is 2. The number of hydrogen-bond acceptors (Lipinski definition) is 3. The Morgan fingerprint density at radius 3 is 2.38 bits per heavy atom. The highest BCUT2D eigenvalue weighted by molar-refractivity contribution is 9.10. The Kier molecular flexibility index (Phi) is 5.68. The molecule has 3 aromatic rings. The zero-order valence-corrected chi connectivity index (χ0v) is 16.2. The van der Waals surface area contributed by atoms with Gasteiger partial charge in [0.15, 0.2) is 0 Å². The van der Waals surface area contributed by atoms with Crippen LogP contribution in [0.1, 0.15) is 28.9 Å². The Morgan fingerprint density at radius 2 is 1.73 bits per heavy atom. The van der Waals surface area contributed by atoms with E-state index in [4.69, 9.17) is 4.74 Å². The molecule has 1 N–H and O–H groups in total.